The normalized spacial score (nSPS) is 9.56. The summed E-state index contributed by atoms with van der Waals surface area (Å²) in [5.41, 5.74) is -0.0475. The average Bonchev–Trinajstić information content (AvgIpc) is 2.26. The Hall–Kier alpha value is -1.01. The van der Waals surface area contributed by atoms with Gasteiger partial charge in [0, 0.05) is 0 Å². The molecule has 0 unspecified atom stereocenters. The number of carbonyl (C=O) groups is 1. The summed E-state index contributed by atoms with van der Waals surface area (Å²) < 4.78 is 0.283. The molecular weight excluding hydrogens is 391 g/mol. The number of ketones is 1. The fourth-order valence-electron chi connectivity index (χ4n) is 1.13. The molecule has 0 saturated carbocycles. The number of benzene rings is 1. The lowest BCUT2D eigenvalue weighted by molar-refractivity contribution is -0.386. The highest BCUT2D eigenvalue weighted by atomic mass is 127. The lowest BCUT2D eigenvalue weighted by atomic mass is 10.1. The molecular formula is C9H4BrIN2O3. The molecule has 0 amide bonds. The van der Waals surface area contributed by atoms with Gasteiger partial charge in [-0.2, -0.15) is 5.26 Å². The van der Waals surface area contributed by atoms with Crippen LogP contribution in [-0.2, 0) is 0 Å². The largest absolute Gasteiger partial charge is 0.293 e. The maximum absolute atomic E-state index is 11.5. The third kappa shape index (κ3) is 2.56. The third-order valence-electron chi connectivity index (χ3n) is 1.80. The van der Waals surface area contributed by atoms with Gasteiger partial charge in [-0.1, -0.05) is 15.9 Å². The van der Waals surface area contributed by atoms with Crippen molar-refractivity contribution >= 4 is 50.0 Å². The maximum Gasteiger partial charge on any atom is 0.293 e. The van der Waals surface area contributed by atoms with Gasteiger partial charge in [0.25, 0.3) is 5.69 Å². The standard InChI is InChI=1S/C9H4BrIN2O3/c10-3-8(14)6-1-5(4-12)2-7(11)9(6)13(15)16/h1-2H,3H2. The molecule has 16 heavy (non-hydrogen) atoms. The monoisotopic (exact) mass is 394 g/mol. The molecule has 0 N–H and O–H groups in total. The number of nitriles is 1. The highest BCUT2D eigenvalue weighted by molar-refractivity contribution is 14.1. The number of nitrogens with zero attached hydrogens (tertiary/aromatic N) is 2. The Morgan fingerprint density at radius 3 is 2.69 bits per heavy atom. The molecule has 0 radical (unpaired) electrons. The van der Waals surface area contributed by atoms with Crippen molar-refractivity contribution in [3.8, 4) is 6.07 Å². The zero-order valence-electron chi connectivity index (χ0n) is 7.74. The predicted molar refractivity (Wildman–Crippen MR) is 68.7 cm³/mol. The van der Waals surface area contributed by atoms with Crippen molar-refractivity contribution in [3.63, 3.8) is 0 Å². The second-order valence-corrected chi connectivity index (χ2v) is 4.50. The quantitative estimate of drug-likeness (QED) is 0.259. The number of nitro groups is 1. The van der Waals surface area contributed by atoms with Gasteiger partial charge in [-0.3, -0.25) is 14.9 Å². The second-order valence-electron chi connectivity index (χ2n) is 2.78. The highest BCUT2D eigenvalue weighted by Gasteiger charge is 2.23. The van der Waals surface area contributed by atoms with Crippen LogP contribution in [0.3, 0.4) is 0 Å². The second kappa shape index (κ2) is 5.36. The summed E-state index contributed by atoms with van der Waals surface area (Å²) in [7, 11) is 0. The molecule has 82 valence electrons. The van der Waals surface area contributed by atoms with Gasteiger partial charge in [0.05, 0.1) is 31.0 Å². The number of alkyl halides is 1. The fraction of sp³-hybridized carbons (Fsp3) is 0.111. The maximum atomic E-state index is 11.5. The van der Waals surface area contributed by atoms with Crippen LogP contribution in [0, 0.1) is 25.0 Å². The van der Waals surface area contributed by atoms with E-state index in [4.69, 9.17) is 5.26 Å². The van der Waals surface area contributed by atoms with Crippen LogP contribution in [-0.4, -0.2) is 16.0 Å². The van der Waals surface area contributed by atoms with Crippen molar-refractivity contribution in [1.29, 1.82) is 5.26 Å². The first-order chi connectivity index (χ1) is 7.51. The summed E-state index contributed by atoms with van der Waals surface area (Å²) in [6.45, 7) is 0. The Bertz CT molecular complexity index is 510. The van der Waals surface area contributed by atoms with Gasteiger partial charge >= 0.3 is 0 Å². The van der Waals surface area contributed by atoms with Crippen molar-refractivity contribution < 1.29 is 9.72 Å². The molecule has 7 heteroatoms. The molecule has 0 aliphatic heterocycles. The van der Waals surface area contributed by atoms with Crippen LogP contribution < -0.4 is 0 Å². The van der Waals surface area contributed by atoms with Gasteiger partial charge in [0.1, 0.15) is 0 Å². The fourth-order valence-corrected chi connectivity index (χ4v) is 2.26. The topological polar surface area (TPSA) is 84.0 Å². The zero-order valence-corrected chi connectivity index (χ0v) is 11.5. The van der Waals surface area contributed by atoms with E-state index in [2.05, 4.69) is 15.9 Å². The molecule has 0 atom stereocenters. The van der Waals surface area contributed by atoms with Gasteiger partial charge in [0.15, 0.2) is 5.78 Å². The van der Waals surface area contributed by atoms with Crippen LogP contribution in [0.15, 0.2) is 12.1 Å². The zero-order chi connectivity index (χ0) is 12.3. The number of hydrogen-bond donors (Lipinski definition) is 0. The van der Waals surface area contributed by atoms with E-state index in [0.29, 0.717) is 0 Å². The van der Waals surface area contributed by atoms with Crippen LogP contribution in [0.1, 0.15) is 15.9 Å². The van der Waals surface area contributed by atoms with Gasteiger partial charge in [-0.15, -0.1) is 0 Å². The molecule has 5 nitrogen and oxygen atoms in total. The Balaban J connectivity index is 3.54. The first-order valence-corrected chi connectivity index (χ1v) is 6.18. The average molecular weight is 395 g/mol. The van der Waals surface area contributed by atoms with Gasteiger partial charge in [0.2, 0.25) is 0 Å². The minimum atomic E-state index is -0.612. The Kier molecular flexibility index (Phi) is 4.37. The molecule has 1 aromatic rings. The summed E-state index contributed by atoms with van der Waals surface area (Å²) in [6.07, 6.45) is 0. The molecule has 0 fully saturated rings. The van der Waals surface area contributed by atoms with Crippen LogP contribution >= 0.6 is 38.5 Å². The molecule has 1 rings (SSSR count). The highest BCUT2D eigenvalue weighted by Crippen LogP contribution is 2.27. The lowest BCUT2D eigenvalue weighted by Crippen LogP contribution is -2.07. The number of carbonyl (C=O) groups excluding carboxylic acids is 1. The summed E-state index contributed by atoms with van der Waals surface area (Å²) in [6, 6.07) is 4.48. The lowest BCUT2D eigenvalue weighted by Gasteiger charge is -2.02. The van der Waals surface area contributed by atoms with E-state index in [1.54, 1.807) is 22.6 Å². The molecule has 0 heterocycles. The first kappa shape index (κ1) is 13.1. The van der Waals surface area contributed by atoms with Crippen LogP contribution in [0.4, 0.5) is 5.69 Å². The SMILES string of the molecule is N#Cc1cc(I)c([N+](=O)[O-])c(C(=O)CBr)c1. The van der Waals surface area contributed by atoms with Crippen LogP contribution in [0.2, 0.25) is 0 Å². The van der Waals surface area contributed by atoms with E-state index >= 15 is 0 Å². The summed E-state index contributed by atoms with van der Waals surface area (Å²) in [4.78, 5) is 21.7. The number of hydrogen-bond acceptors (Lipinski definition) is 4. The van der Waals surface area contributed by atoms with Crippen molar-refractivity contribution in [2.24, 2.45) is 0 Å². The minimum Gasteiger partial charge on any atom is -0.293 e. The molecule has 0 spiro atoms. The molecule has 0 aliphatic rings. The number of halogens is 2. The summed E-state index contributed by atoms with van der Waals surface area (Å²) in [5, 5.41) is 19.5. The Morgan fingerprint density at radius 1 is 1.62 bits per heavy atom. The molecule has 0 saturated heterocycles. The number of Topliss-reactive ketones (excluding diaryl/α,β-unsaturated/α-hetero) is 1. The van der Waals surface area contributed by atoms with E-state index in [-0.39, 0.29) is 25.7 Å². The van der Waals surface area contributed by atoms with E-state index < -0.39 is 10.7 Å². The summed E-state index contributed by atoms with van der Waals surface area (Å²) >= 11 is 4.69. The summed E-state index contributed by atoms with van der Waals surface area (Å²) in [5.74, 6) is -0.415. The molecule has 0 aliphatic carbocycles. The van der Waals surface area contributed by atoms with Crippen LogP contribution in [0.25, 0.3) is 0 Å². The van der Waals surface area contributed by atoms with Crippen molar-refractivity contribution in [2.45, 2.75) is 0 Å². The van der Waals surface area contributed by atoms with Crippen molar-refractivity contribution in [3.05, 3.63) is 36.9 Å². The van der Waals surface area contributed by atoms with E-state index in [1.165, 1.54) is 12.1 Å². The first-order valence-electron chi connectivity index (χ1n) is 3.98. The minimum absolute atomic E-state index is 0.0151. The smallest absolute Gasteiger partial charge is 0.293 e. The Labute approximate surface area is 113 Å². The third-order valence-corrected chi connectivity index (χ3v) is 3.13. The predicted octanol–water partition coefficient (Wildman–Crippen LogP) is 2.65. The van der Waals surface area contributed by atoms with E-state index in [1.807, 2.05) is 6.07 Å². The van der Waals surface area contributed by atoms with Crippen molar-refractivity contribution in [2.75, 3.05) is 5.33 Å². The van der Waals surface area contributed by atoms with Gasteiger partial charge < -0.3 is 0 Å². The van der Waals surface area contributed by atoms with Gasteiger partial charge in [-0.25, -0.2) is 0 Å². The molecule has 0 bridgehead atoms. The molecule has 1 aromatic carbocycles. The number of nitro benzene ring substituents is 1. The Morgan fingerprint density at radius 2 is 2.25 bits per heavy atom. The van der Waals surface area contributed by atoms with Gasteiger partial charge in [-0.05, 0) is 34.7 Å². The number of rotatable bonds is 3. The van der Waals surface area contributed by atoms with E-state index in [0.717, 1.165) is 0 Å². The molecule has 0 aromatic heterocycles. The van der Waals surface area contributed by atoms with Crippen LogP contribution in [0.5, 0.6) is 0 Å². The van der Waals surface area contributed by atoms with Crippen molar-refractivity contribution in [1.82, 2.24) is 0 Å². The van der Waals surface area contributed by atoms with E-state index in [9.17, 15) is 14.9 Å².